The molecule has 0 fully saturated rings. The molecule has 4 rings (SSSR count). The van der Waals surface area contributed by atoms with Crippen molar-refractivity contribution in [1.29, 1.82) is 0 Å². The number of ether oxygens (including phenoxy) is 1. The van der Waals surface area contributed by atoms with Crippen molar-refractivity contribution in [2.75, 3.05) is 0 Å². The van der Waals surface area contributed by atoms with Gasteiger partial charge in [-0.25, -0.2) is 0 Å². The third-order valence-corrected chi connectivity index (χ3v) is 4.63. The number of H-pyrrole nitrogens is 1. The number of thiazole rings is 1. The number of allylic oxidation sites excluding steroid dienone is 1. The Morgan fingerprint density at radius 1 is 1.20 bits per heavy atom. The fourth-order valence-electron chi connectivity index (χ4n) is 2.58. The van der Waals surface area contributed by atoms with Crippen LogP contribution in [0, 0.1) is 0 Å². The first-order valence-electron chi connectivity index (χ1n) is 7.68. The van der Waals surface area contributed by atoms with Crippen LogP contribution in [0.3, 0.4) is 0 Å². The minimum absolute atomic E-state index is 0.124. The largest absolute Gasteiger partial charge is 0.493 e. The number of aliphatic imine (C=N–C) groups is 1. The van der Waals surface area contributed by atoms with Crippen LogP contribution >= 0.6 is 11.3 Å². The lowest BCUT2D eigenvalue weighted by Crippen LogP contribution is -1.95. The molecule has 1 aromatic heterocycles. The van der Waals surface area contributed by atoms with E-state index in [4.69, 9.17) is 4.74 Å². The summed E-state index contributed by atoms with van der Waals surface area (Å²) >= 11 is 0.957. The number of aromatic nitrogens is 1. The Balaban J connectivity index is 1.60. The van der Waals surface area contributed by atoms with Gasteiger partial charge < -0.3 is 9.84 Å². The number of nitrogens with zero attached hydrogens (tertiary/aromatic N) is 1. The topological polar surface area (TPSA) is 74.7 Å². The molecule has 0 aliphatic carbocycles. The highest BCUT2D eigenvalue weighted by Gasteiger charge is 2.15. The number of hydrogen-bond donors (Lipinski definition) is 2. The van der Waals surface area contributed by atoms with E-state index in [2.05, 4.69) is 9.98 Å². The molecule has 0 amide bonds. The molecule has 6 heteroatoms. The van der Waals surface area contributed by atoms with Crippen molar-refractivity contribution in [3.05, 3.63) is 74.2 Å². The summed E-state index contributed by atoms with van der Waals surface area (Å²) in [5.41, 5.74) is 3.66. The summed E-state index contributed by atoms with van der Waals surface area (Å²) in [6.45, 7) is 0.486. The zero-order chi connectivity index (χ0) is 17.2. The van der Waals surface area contributed by atoms with Crippen molar-refractivity contribution in [1.82, 2.24) is 4.98 Å². The first-order valence-corrected chi connectivity index (χ1v) is 8.50. The molecule has 5 nitrogen and oxygen atoms in total. The zero-order valence-corrected chi connectivity index (χ0v) is 13.9. The first kappa shape index (κ1) is 15.4. The number of aromatic hydroxyl groups is 1. The first-order chi connectivity index (χ1) is 12.2. The van der Waals surface area contributed by atoms with Crippen LogP contribution in [0.2, 0.25) is 0 Å². The molecule has 0 saturated carbocycles. The van der Waals surface area contributed by atoms with Gasteiger partial charge in [0.25, 0.3) is 0 Å². The number of aromatic amines is 1. The number of rotatable bonds is 4. The summed E-state index contributed by atoms with van der Waals surface area (Å²) in [6, 6.07) is 15.6. The van der Waals surface area contributed by atoms with Gasteiger partial charge in [0.05, 0.1) is 10.6 Å². The molecule has 0 unspecified atom stereocenters. The molecule has 0 spiro atoms. The summed E-state index contributed by atoms with van der Waals surface area (Å²) < 4.78 is 5.86. The van der Waals surface area contributed by atoms with Crippen LogP contribution in [0.15, 0.2) is 58.3 Å². The van der Waals surface area contributed by atoms with Crippen molar-refractivity contribution in [3.8, 4) is 11.6 Å². The van der Waals surface area contributed by atoms with E-state index in [9.17, 15) is 9.90 Å². The lowest BCUT2D eigenvalue weighted by molar-refractivity contribution is 0.306. The molecule has 1 aliphatic rings. The fourth-order valence-corrected chi connectivity index (χ4v) is 3.27. The van der Waals surface area contributed by atoms with Gasteiger partial charge in [-0.05, 0) is 29.8 Å². The third kappa shape index (κ3) is 3.25. The van der Waals surface area contributed by atoms with Gasteiger partial charge >= 0.3 is 4.87 Å². The van der Waals surface area contributed by atoms with Gasteiger partial charge in [-0.3, -0.25) is 14.8 Å². The highest BCUT2D eigenvalue weighted by molar-refractivity contribution is 7.10. The van der Waals surface area contributed by atoms with Gasteiger partial charge in [0, 0.05) is 17.4 Å². The van der Waals surface area contributed by atoms with Crippen molar-refractivity contribution in [3.63, 3.8) is 0 Å². The summed E-state index contributed by atoms with van der Waals surface area (Å²) in [4.78, 5) is 18.2. The Hall–Kier alpha value is -3.12. The van der Waals surface area contributed by atoms with Crippen LogP contribution in [0.25, 0.3) is 11.6 Å². The van der Waals surface area contributed by atoms with Crippen LogP contribution < -0.4 is 9.61 Å². The van der Waals surface area contributed by atoms with Gasteiger partial charge in [0.2, 0.25) is 5.88 Å². The quantitative estimate of drug-likeness (QED) is 0.747. The maximum Gasteiger partial charge on any atom is 0.307 e. The summed E-state index contributed by atoms with van der Waals surface area (Å²) in [5, 5.41) is 9.75. The van der Waals surface area contributed by atoms with Gasteiger partial charge in [-0.2, -0.15) is 0 Å². The second-order valence-corrected chi connectivity index (χ2v) is 6.55. The normalized spacial score (nSPS) is 14.0. The molecule has 1 aliphatic heterocycles. The second-order valence-electron chi connectivity index (χ2n) is 5.54. The van der Waals surface area contributed by atoms with Gasteiger partial charge in [-0.1, -0.05) is 41.7 Å². The maximum atomic E-state index is 11.3. The monoisotopic (exact) mass is 350 g/mol. The Morgan fingerprint density at radius 2 is 2.04 bits per heavy atom. The molecule has 2 N–H and O–H groups in total. The summed E-state index contributed by atoms with van der Waals surface area (Å²) in [7, 11) is 0. The zero-order valence-electron chi connectivity index (χ0n) is 13.1. The Kier molecular flexibility index (Phi) is 3.95. The maximum absolute atomic E-state index is 11.3. The standard InChI is InChI=1S/C19H14N2O3S/c22-18-17(25-19(23)21-18)8-13-10-20-16-7-6-14(9-15(13)16)24-11-12-4-2-1-3-5-12/h1-10,22H,11H2,(H,21,23). The van der Waals surface area contributed by atoms with E-state index in [0.29, 0.717) is 11.5 Å². The van der Waals surface area contributed by atoms with Gasteiger partial charge in [0.15, 0.2) is 0 Å². The number of nitrogens with one attached hydrogen (secondary N) is 1. The predicted octanol–water partition coefficient (Wildman–Crippen LogP) is 3.98. The molecule has 124 valence electrons. The van der Waals surface area contributed by atoms with Crippen molar-refractivity contribution in [2.45, 2.75) is 6.61 Å². The van der Waals surface area contributed by atoms with Crippen molar-refractivity contribution < 1.29 is 9.84 Å². The Labute approximate surface area is 147 Å². The van der Waals surface area contributed by atoms with E-state index >= 15 is 0 Å². The van der Waals surface area contributed by atoms with Crippen LogP contribution in [0.5, 0.6) is 11.6 Å². The molecule has 0 radical (unpaired) electrons. The van der Waals surface area contributed by atoms with E-state index in [0.717, 1.165) is 39.5 Å². The van der Waals surface area contributed by atoms with E-state index in [1.165, 1.54) is 0 Å². The van der Waals surface area contributed by atoms with Crippen LogP contribution in [0.1, 0.15) is 16.0 Å². The SMILES string of the molecule is O=c1[nH]c(O)c(C=C2C=Nc3ccc(OCc4ccccc4)cc32)s1. The summed E-state index contributed by atoms with van der Waals surface area (Å²) in [6.07, 6.45) is 3.46. The van der Waals surface area contributed by atoms with Crippen molar-refractivity contribution in [2.24, 2.45) is 4.99 Å². The lowest BCUT2D eigenvalue weighted by Gasteiger charge is -2.08. The molecule has 0 saturated heterocycles. The van der Waals surface area contributed by atoms with E-state index in [-0.39, 0.29) is 10.8 Å². The minimum Gasteiger partial charge on any atom is -0.493 e. The predicted molar refractivity (Wildman–Crippen MR) is 99.8 cm³/mol. The summed E-state index contributed by atoms with van der Waals surface area (Å²) in [5.74, 6) is 0.617. The Bertz CT molecular complexity index is 1030. The van der Waals surface area contributed by atoms with Crippen LogP contribution in [-0.4, -0.2) is 16.3 Å². The number of benzene rings is 2. The van der Waals surface area contributed by atoms with E-state index in [1.807, 2.05) is 48.5 Å². The highest BCUT2D eigenvalue weighted by atomic mass is 32.1. The number of hydrogen-bond acceptors (Lipinski definition) is 5. The minimum atomic E-state index is -0.292. The molecular formula is C19H14N2O3S. The smallest absolute Gasteiger partial charge is 0.307 e. The average Bonchev–Trinajstić information content (AvgIpc) is 3.17. The molecule has 25 heavy (non-hydrogen) atoms. The number of fused-ring (bicyclic) bond motifs is 1. The molecular weight excluding hydrogens is 336 g/mol. The highest BCUT2D eigenvalue weighted by Crippen LogP contribution is 2.36. The molecule has 3 aromatic rings. The van der Waals surface area contributed by atoms with Gasteiger partial charge in [0.1, 0.15) is 12.4 Å². The van der Waals surface area contributed by atoms with E-state index in [1.54, 1.807) is 12.3 Å². The molecule has 0 bridgehead atoms. The molecule has 2 aromatic carbocycles. The lowest BCUT2D eigenvalue weighted by atomic mass is 10.1. The van der Waals surface area contributed by atoms with Crippen molar-refractivity contribution >= 4 is 34.9 Å². The third-order valence-electron chi connectivity index (χ3n) is 3.81. The van der Waals surface area contributed by atoms with E-state index < -0.39 is 0 Å². The molecule has 0 atom stereocenters. The second kappa shape index (κ2) is 6.41. The van der Waals surface area contributed by atoms with Crippen LogP contribution in [0.4, 0.5) is 5.69 Å². The molecule has 2 heterocycles. The van der Waals surface area contributed by atoms with Crippen LogP contribution in [-0.2, 0) is 6.61 Å². The van der Waals surface area contributed by atoms with Gasteiger partial charge in [-0.15, -0.1) is 0 Å². The fraction of sp³-hybridized carbons (Fsp3) is 0.0526. The average molecular weight is 350 g/mol. The Morgan fingerprint density at radius 3 is 2.80 bits per heavy atom.